The first-order valence-electron chi connectivity index (χ1n) is 13.3. The number of hydrogen-bond donors (Lipinski definition) is 4. The van der Waals surface area contributed by atoms with Crippen molar-refractivity contribution in [2.24, 2.45) is 0 Å². The first-order chi connectivity index (χ1) is 19.4. The molecule has 4 N–H and O–H groups in total. The van der Waals surface area contributed by atoms with Gasteiger partial charge in [0.05, 0.1) is 31.8 Å². The van der Waals surface area contributed by atoms with Gasteiger partial charge in [-0.25, -0.2) is 0 Å². The van der Waals surface area contributed by atoms with E-state index in [1.54, 1.807) is 11.8 Å². The van der Waals surface area contributed by atoms with E-state index in [0.717, 1.165) is 39.1 Å². The second-order valence-corrected chi connectivity index (χ2v) is 10.8. The van der Waals surface area contributed by atoms with E-state index in [9.17, 15) is 19.8 Å². The molecule has 0 aromatic heterocycles. The van der Waals surface area contributed by atoms with Crippen LogP contribution in [0.1, 0.15) is 53.9 Å². The highest BCUT2D eigenvalue weighted by Gasteiger charge is 2.32. The van der Waals surface area contributed by atoms with Gasteiger partial charge in [0.25, 0.3) is 0 Å². The van der Waals surface area contributed by atoms with E-state index < -0.39 is 12.3 Å². The molecule has 0 aliphatic carbocycles. The van der Waals surface area contributed by atoms with Crippen molar-refractivity contribution in [3.05, 3.63) is 95.1 Å². The molecular formula is C31H35NO7S. The lowest BCUT2D eigenvalue weighted by Crippen LogP contribution is -2.31. The van der Waals surface area contributed by atoms with Crippen molar-refractivity contribution in [1.29, 1.82) is 0 Å². The number of carbonyl (C=O) groups is 2. The number of carboxylic acid groups (broad SMARTS) is 1. The molecular weight excluding hydrogens is 530 g/mol. The first kappa shape index (κ1) is 29.8. The standard InChI is InChI=1S/C31H35NO7S/c33-13-14-40-20-27-17-28(23-9-7-21(19-34)8-10-23)39-31(38-27)26-6-2-5-25(16-26)24-4-1-3-22(15-24)18-32-29(35)11-12-30(36)37/h1-10,15-16,27-28,31,33-34H,11-14,17-20H2,(H,32,35)(H,36,37)/t27-,28+,31+/m0/s1. The smallest absolute Gasteiger partial charge is 0.303 e. The minimum absolute atomic E-state index is 0.0109. The molecule has 4 rings (SSSR count). The summed E-state index contributed by atoms with van der Waals surface area (Å²) < 4.78 is 12.8. The topological polar surface area (TPSA) is 125 Å². The summed E-state index contributed by atoms with van der Waals surface area (Å²) in [6.07, 6.45) is -0.373. The fourth-order valence-corrected chi connectivity index (χ4v) is 5.31. The normalized spacial score (nSPS) is 18.8. The molecule has 0 spiro atoms. The van der Waals surface area contributed by atoms with Crippen LogP contribution in [-0.2, 0) is 32.2 Å². The number of nitrogens with one attached hydrogen (secondary N) is 1. The Bertz CT molecular complexity index is 1270. The van der Waals surface area contributed by atoms with Crippen molar-refractivity contribution in [3.63, 3.8) is 0 Å². The summed E-state index contributed by atoms with van der Waals surface area (Å²) in [7, 11) is 0. The second-order valence-electron chi connectivity index (χ2n) is 9.64. The predicted octanol–water partition coefficient (Wildman–Crippen LogP) is 4.60. The SMILES string of the molecule is O=C(O)CCC(=O)NCc1cccc(-c2cccc([C@@H]3O[C@H](CSCCO)C[C@H](c4ccc(CO)cc4)O3)c2)c1. The monoisotopic (exact) mass is 565 g/mol. The van der Waals surface area contributed by atoms with E-state index in [4.69, 9.17) is 14.6 Å². The number of carbonyl (C=O) groups excluding carboxylic acids is 1. The third-order valence-electron chi connectivity index (χ3n) is 6.63. The average molecular weight is 566 g/mol. The summed E-state index contributed by atoms with van der Waals surface area (Å²) in [6, 6.07) is 23.6. The Labute approximate surface area is 238 Å². The highest BCUT2D eigenvalue weighted by atomic mass is 32.2. The summed E-state index contributed by atoms with van der Waals surface area (Å²) in [5, 5.41) is 30.2. The zero-order valence-corrected chi connectivity index (χ0v) is 23.0. The number of rotatable bonds is 13. The molecule has 0 unspecified atom stereocenters. The molecule has 1 aliphatic rings. The maximum atomic E-state index is 11.9. The molecule has 3 atom stereocenters. The van der Waals surface area contributed by atoms with E-state index in [2.05, 4.69) is 5.32 Å². The van der Waals surface area contributed by atoms with Gasteiger partial charge in [-0.3, -0.25) is 9.59 Å². The van der Waals surface area contributed by atoms with Gasteiger partial charge in [-0.1, -0.05) is 60.7 Å². The van der Waals surface area contributed by atoms with Crippen molar-refractivity contribution in [1.82, 2.24) is 5.32 Å². The number of benzene rings is 3. The largest absolute Gasteiger partial charge is 0.481 e. The van der Waals surface area contributed by atoms with Crippen LogP contribution in [0, 0.1) is 0 Å². The highest BCUT2D eigenvalue weighted by Crippen LogP contribution is 2.39. The van der Waals surface area contributed by atoms with Crippen molar-refractivity contribution in [2.75, 3.05) is 18.1 Å². The van der Waals surface area contributed by atoms with Gasteiger partial charge in [-0.2, -0.15) is 11.8 Å². The number of carboxylic acids is 1. The van der Waals surface area contributed by atoms with Gasteiger partial charge >= 0.3 is 5.97 Å². The van der Waals surface area contributed by atoms with Gasteiger partial charge < -0.3 is 30.1 Å². The Balaban J connectivity index is 1.50. The number of amides is 1. The fraction of sp³-hybridized carbons (Fsp3) is 0.355. The maximum absolute atomic E-state index is 11.9. The van der Waals surface area contributed by atoms with Crippen LogP contribution in [0.2, 0.25) is 0 Å². The molecule has 8 nitrogen and oxygen atoms in total. The van der Waals surface area contributed by atoms with E-state index in [1.165, 1.54) is 0 Å². The molecule has 1 fully saturated rings. The number of aliphatic hydroxyl groups excluding tert-OH is 2. The number of ether oxygens (including phenoxy) is 2. The van der Waals surface area contributed by atoms with Crippen molar-refractivity contribution >= 4 is 23.6 Å². The number of hydrogen-bond acceptors (Lipinski definition) is 7. The molecule has 1 aliphatic heterocycles. The van der Waals surface area contributed by atoms with Gasteiger partial charge in [0, 0.05) is 36.5 Å². The molecule has 1 heterocycles. The van der Waals surface area contributed by atoms with E-state index in [1.807, 2.05) is 72.8 Å². The summed E-state index contributed by atoms with van der Waals surface area (Å²) >= 11 is 1.65. The Morgan fingerprint density at radius 3 is 2.35 bits per heavy atom. The first-order valence-corrected chi connectivity index (χ1v) is 14.5. The lowest BCUT2D eigenvalue weighted by molar-refractivity contribution is -0.245. The van der Waals surface area contributed by atoms with Crippen molar-refractivity contribution in [2.45, 2.75) is 50.9 Å². The molecule has 9 heteroatoms. The molecule has 0 radical (unpaired) electrons. The van der Waals surface area contributed by atoms with Crippen molar-refractivity contribution in [3.8, 4) is 11.1 Å². The van der Waals surface area contributed by atoms with Crippen LogP contribution in [0.5, 0.6) is 0 Å². The summed E-state index contributed by atoms with van der Waals surface area (Å²) in [5.41, 5.74) is 5.61. The highest BCUT2D eigenvalue weighted by molar-refractivity contribution is 7.99. The molecule has 3 aromatic rings. The Morgan fingerprint density at radius 2 is 1.62 bits per heavy atom. The zero-order chi connectivity index (χ0) is 28.3. The lowest BCUT2D eigenvalue weighted by atomic mass is 9.99. The van der Waals surface area contributed by atoms with Crippen molar-refractivity contribution < 1.29 is 34.4 Å². The molecule has 0 saturated carbocycles. The van der Waals surface area contributed by atoms with E-state index in [-0.39, 0.29) is 44.2 Å². The molecule has 1 saturated heterocycles. The molecule has 3 aromatic carbocycles. The summed E-state index contributed by atoms with van der Waals surface area (Å²) in [5.74, 6) is 0.0938. The van der Waals surface area contributed by atoms with Gasteiger partial charge in [0.1, 0.15) is 0 Å². The van der Waals surface area contributed by atoms with Crippen LogP contribution >= 0.6 is 11.8 Å². The van der Waals surface area contributed by atoms with Gasteiger partial charge in [-0.05, 0) is 39.9 Å². The van der Waals surface area contributed by atoms with Crippen LogP contribution in [0.15, 0.2) is 72.8 Å². The molecule has 212 valence electrons. The average Bonchev–Trinajstić information content (AvgIpc) is 2.99. The second kappa shape index (κ2) is 15.0. The third kappa shape index (κ3) is 8.64. The Morgan fingerprint density at radius 1 is 0.875 bits per heavy atom. The van der Waals surface area contributed by atoms with E-state index >= 15 is 0 Å². The van der Waals surface area contributed by atoms with Gasteiger partial charge in [0.15, 0.2) is 6.29 Å². The third-order valence-corrected chi connectivity index (χ3v) is 7.71. The van der Waals surface area contributed by atoms with E-state index in [0.29, 0.717) is 18.7 Å². The quantitative estimate of drug-likeness (QED) is 0.222. The van der Waals surface area contributed by atoms with Crippen LogP contribution in [0.4, 0.5) is 0 Å². The number of aliphatic hydroxyl groups is 2. The maximum Gasteiger partial charge on any atom is 0.303 e. The van der Waals surface area contributed by atoms with Crippen LogP contribution < -0.4 is 5.32 Å². The predicted molar refractivity (Wildman–Crippen MR) is 153 cm³/mol. The zero-order valence-electron chi connectivity index (χ0n) is 22.2. The van der Waals surface area contributed by atoms with Gasteiger partial charge in [-0.15, -0.1) is 0 Å². The number of aliphatic carboxylic acids is 1. The van der Waals surface area contributed by atoms with Crippen LogP contribution in [0.3, 0.4) is 0 Å². The van der Waals surface area contributed by atoms with Gasteiger partial charge in [0.2, 0.25) is 5.91 Å². The molecule has 1 amide bonds. The Hall–Kier alpha value is -3.21. The fourth-order valence-electron chi connectivity index (χ4n) is 4.54. The summed E-state index contributed by atoms with van der Waals surface area (Å²) in [6.45, 7) is 0.421. The summed E-state index contributed by atoms with van der Waals surface area (Å²) in [4.78, 5) is 22.6. The molecule has 40 heavy (non-hydrogen) atoms. The Kier molecular flexibility index (Phi) is 11.1. The lowest BCUT2D eigenvalue weighted by Gasteiger charge is -2.36. The molecule has 0 bridgehead atoms. The van der Waals surface area contributed by atoms with Crippen LogP contribution in [-0.4, -0.2) is 51.4 Å². The number of thioether (sulfide) groups is 1. The minimum atomic E-state index is -0.996. The van der Waals surface area contributed by atoms with Crippen LogP contribution in [0.25, 0.3) is 11.1 Å². The minimum Gasteiger partial charge on any atom is -0.481 e.